The standard InChI is InChI=1S/C22H28BrN5O3/c1-4-6-10-26-14-24-20-19(26)21(30)28(22(31)27(20)11-7-5-2)13-18(29)25-17-9-8-15(3)12-16(17)23/h8-9,12,14H,4-7,10-11,13H2,1-3H3,(H,25,29). The molecule has 1 amide bonds. The number of nitrogens with zero attached hydrogens (tertiary/aromatic N) is 4. The lowest BCUT2D eigenvalue weighted by Gasteiger charge is -2.13. The van der Waals surface area contributed by atoms with Crippen LogP contribution in [-0.2, 0) is 24.4 Å². The summed E-state index contributed by atoms with van der Waals surface area (Å²) in [6.45, 7) is 6.77. The number of aryl methyl sites for hydroxylation is 3. The number of nitrogens with one attached hydrogen (secondary N) is 1. The topological polar surface area (TPSA) is 90.9 Å². The van der Waals surface area contributed by atoms with Crippen LogP contribution in [0.15, 0.2) is 38.6 Å². The van der Waals surface area contributed by atoms with Crippen molar-refractivity contribution in [2.45, 2.75) is 66.1 Å². The zero-order valence-corrected chi connectivity index (χ0v) is 19.7. The van der Waals surface area contributed by atoms with E-state index >= 15 is 0 Å². The highest BCUT2D eigenvalue weighted by molar-refractivity contribution is 9.10. The van der Waals surface area contributed by atoms with Gasteiger partial charge in [-0.2, -0.15) is 0 Å². The van der Waals surface area contributed by atoms with Gasteiger partial charge in [0.15, 0.2) is 11.2 Å². The minimum Gasteiger partial charge on any atom is -0.325 e. The number of amides is 1. The summed E-state index contributed by atoms with van der Waals surface area (Å²) in [5.41, 5.74) is 1.39. The second-order valence-corrected chi connectivity index (χ2v) is 8.53. The summed E-state index contributed by atoms with van der Waals surface area (Å²) in [6.07, 6.45) is 5.14. The molecule has 1 N–H and O–H groups in total. The molecule has 0 aliphatic carbocycles. The first kappa shape index (κ1) is 23.0. The normalized spacial score (nSPS) is 11.2. The quantitative estimate of drug-likeness (QED) is 0.496. The molecule has 0 spiro atoms. The lowest BCUT2D eigenvalue weighted by atomic mass is 10.2. The first-order valence-electron chi connectivity index (χ1n) is 10.6. The summed E-state index contributed by atoms with van der Waals surface area (Å²) in [5, 5.41) is 2.78. The van der Waals surface area contributed by atoms with Crippen molar-refractivity contribution in [2.24, 2.45) is 0 Å². The molecule has 0 aliphatic heterocycles. The van der Waals surface area contributed by atoms with E-state index in [1.54, 1.807) is 17.0 Å². The average molecular weight is 490 g/mol. The minimum absolute atomic E-state index is 0.362. The molecule has 0 bridgehead atoms. The van der Waals surface area contributed by atoms with Crippen molar-refractivity contribution < 1.29 is 4.79 Å². The molecule has 0 atom stereocenters. The van der Waals surface area contributed by atoms with Crippen molar-refractivity contribution in [3.8, 4) is 0 Å². The van der Waals surface area contributed by atoms with E-state index in [4.69, 9.17) is 0 Å². The molecule has 1 aromatic carbocycles. The average Bonchev–Trinajstić information content (AvgIpc) is 3.15. The van der Waals surface area contributed by atoms with E-state index in [-0.39, 0.29) is 6.54 Å². The van der Waals surface area contributed by atoms with Gasteiger partial charge in [-0.05, 0) is 53.4 Å². The van der Waals surface area contributed by atoms with Gasteiger partial charge in [0, 0.05) is 17.6 Å². The third kappa shape index (κ3) is 4.98. The van der Waals surface area contributed by atoms with Crippen LogP contribution in [0.25, 0.3) is 11.2 Å². The summed E-state index contributed by atoms with van der Waals surface area (Å²) >= 11 is 3.43. The summed E-state index contributed by atoms with van der Waals surface area (Å²) < 4.78 is 5.05. The molecule has 0 saturated heterocycles. The number of hydrogen-bond acceptors (Lipinski definition) is 4. The fourth-order valence-electron chi connectivity index (χ4n) is 3.45. The van der Waals surface area contributed by atoms with Gasteiger partial charge in [0.25, 0.3) is 5.56 Å². The van der Waals surface area contributed by atoms with Crippen LogP contribution in [0.5, 0.6) is 0 Å². The van der Waals surface area contributed by atoms with E-state index in [0.717, 1.165) is 40.3 Å². The molecule has 2 heterocycles. The van der Waals surface area contributed by atoms with Gasteiger partial charge < -0.3 is 9.88 Å². The van der Waals surface area contributed by atoms with Crippen LogP contribution in [0.3, 0.4) is 0 Å². The molecule has 3 aromatic rings. The summed E-state index contributed by atoms with van der Waals surface area (Å²) in [7, 11) is 0. The second kappa shape index (κ2) is 10.1. The number of rotatable bonds is 9. The van der Waals surface area contributed by atoms with Crippen molar-refractivity contribution in [2.75, 3.05) is 5.32 Å². The summed E-state index contributed by atoms with van der Waals surface area (Å²) in [6, 6.07) is 5.54. The van der Waals surface area contributed by atoms with Crippen LogP contribution in [0, 0.1) is 6.92 Å². The summed E-state index contributed by atoms with van der Waals surface area (Å²) in [5.74, 6) is -0.440. The number of unbranched alkanes of at least 4 members (excludes halogenated alkanes) is 2. The lowest BCUT2D eigenvalue weighted by molar-refractivity contribution is -0.116. The number of halogens is 1. The molecular weight excluding hydrogens is 462 g/mol. The maximum atomic E-state index is 13.2. The van der Waals surface area contributed by atoms with Gasteiger partial charge in [0.05, 0.1) is 12.0 Å². The SMILES string of the molecule is CCCCn1cnc2c1c(=O)n(CC(=O)Nc1ccc(C)cc1Br)c(=O)n2CCCC. The molecule has 0 radical (unpaired) electrons. The van der Waals surface area contributed by atoms with E-state index in [1.165, 1.54) is 4.57 Å². The fraction of sp³-hybridized carbons (Fsp3) is 0.455. The molecule has 166 valence electrons. The summed E-state index contributed by atoms with van der Waals surface area (Å²) in [4.78, 5) is 43.4. The van der Waals surface area contributed by atoms with Gasteiger partial charge in [-0.15, -0.1) is 0 Å². The van der Waals surface area contributed by atoms with E-state index < -0.39 is 17.2 Å². The smallest absolute Gasteiger partial charge is 0.325 e. The Morgan fingerprint density at radius 3 is 2.48 bits per heavy atom. The van der Waals surface area contributed by atoms with Crippen LogP contribution in [0.1, 0.15) is 45.1 Å². The number of fused-ring (bicyclic) bond motifs is 1. The monoisotopic (exact) mass is 489 g/mol. The molecule has 31 heavy (non-hydrogen) atoms. The number of hydrogen-bond donors (Lipinski definition) is 1. The minimum atomic E-state index is -0.509. The maximum Gasteiger partial charge on any atom is 0.333 e. The Balaban J connectivity index is 2.02. The van der Waals surface area contributed by atoms with Crippen LogP contribution >= 0.6 is 15.9 Å². The number of carbonyl (C=O) groups excluding carboxylic acids is 1. The third-order valence-electron chi connectivity index (χ3n) is 5.17. The number of aromatic nitrogens is 4. The first-order chi connectivity index (χ1) is 14.9. The maximum absolute atomic E-state index is 13.2. The fourth-order valence-corrected chi connectivity index (χ4v) is 4.04. The lowest BCUT2D eigenvalue weighted by Crippen LogP contribution is -2.43. The van der Waals surface area contributed by atoms with Crippen LogP contribution in [0.2, 0.25) is 0 Å². The number of anilines is 1. The predicted octanol–water partition coefficient (Wildman–Crippen LogP) is 3.67. The van der Waals surface area contributed by atoms with Gasteiger partial charge in [-0.1, -0.05) is 32.8 Å². The zero-order chi connectivity index (χ0) is 22.5. The Bertz CT molecular complexity index is 1210. The number of imidazole rings is 1. The highest BCUT2D eigenvalue weighted by Crippen LogP contribution is 2.23. The zero-order valence-electron chi connectivity index (χ0n) is 18.2. The van der Waals surface area contributed by atoms with Gasteiger partial charge in [-0.25, -0.2) is 14.3 Å². The van der Waals surface area contributed by atoms with Gasteiger partial charge in [-0.3, -0.25) is 14.2 Å². The van der Waals surface area contributed by atoms with Gasteiger partial charge >= 0.3 is 5.69 Å². The Hall–Kier alpha value is -2.68. The van der Waals surface area contributed by atoms with Crippen LogP contribution < -0.4 is 16.6 Å². The number of carbonyl (C=O) groups is 1. The molecule has 0 saturated carbocycles. The van der Waals surface area contributed by atoms with Crippen molar-refractivity contribution in [1.82, 2.24) is 18.7 Å². The van der Waals surface area contributed by atoms with Crippen molar-refractivity contribution in [3.63, 3.8) is 0 Å². The Morgan fingerprint density at radius 1 is 1.10 bits per heavy atom. The van der Waals surface area contributed by atoms with E-state index in [2.05, 4.69) is 33.2 Å². The van der Waals surface area contributed by atoms with Gasteiger partial charge in [0.2, 0.25) is 5.91 Å². The molecule has 3 rings (SSSR count). The van der Waals surface area contributed by atoms with Crippen LogP contribution in [0.4, 0.5) is 5.69 Å². The first-order valence-corrected chi connectivity index (χ1v) is 11.4. The highest BCUT2D eigenvalue weighted by Gasteiger charge is 2.19. The van der Waals surface area contributed by atoms with Crippen LogP contribution in [-0.4, -0.2) is 24.6 Å². The Kier molecular flexibility index (Phi) is 7.48. The largest absolute Gasteiger partial charge is 0.333 e. The van der Waals surface area contributed by atoms with Crippen molar-refractivity contribution in [3.05, 3.63) is 55.4 Å². The van der Waals surface area contributed by atoms with Crippen molar-refractivity contribution >= 4 is 38.7 Å². The number of benzene rings is 1. The van der Waals surface area contributed by atoms with E-state index in [1.807, 2.05) is 26.0 Å². The molecule has 0 fully saturated rings. The molecule has 0 aliphatic rings. The Labute approximate surface area is 189 Å². The van der Waals surface area contributed by atoms with Gasteiger partial charge in [0.1, 0.15) is 6.54 Å². The van der Waals surface area contributed by atoms with E-state index in [9.17, 15) is 14.4 Å². The Morgan fingerprint density at radius 2 is 1.81 bits per heavy atom. The second-order valence-electron chi connectivity index (χ2n) is 7.67. The van der Waals surface area contributed by atoms with E-state index in [0.29, 0.717) is 29.9 Å². The molecule has 0 unspecified atom stereocenters. The van der Waals surface area contributed by atoms with Crippen molar-refractivity contribution in [1.29, 1.82) is 0 Å². The molecule has 8 nitrogen and oxygen atoms in total. The molecular formula is C22H28BrN5O3. The predicted molar refractivity (Wildman–Crippen MR) is 126 cm³/mol. The molecule has 2 aromatic heterocycles. The third-order valence-corrected chi connectivity index (χ3v) is 5.83. The highest BCUT2D eigenvalue weighted by atomic mass is 79.9. The molecule has 9 heteroatoms.